The van der Waals surface area contributed by atoms with E-state index in [1.165, 1.54) is 0 Å². The fourth-order valence-corrected chi connectivity index (χ4v) is 0. The second-order valence-electron chi connectivity index (χ2n) is 8.48. The molecule has 1 radical (unpaired) electrons. The minimum atomic E-state index is -1.66. The Balaban J connectivity index is -0.0000000581. The third kappa shape index (κ3) is 73.1. The molecular formula is C18H54O12P6Tc. The van der Waals surface area contributed by atoms with E-state index in [1.807, 2.05) is 0 Å². The molecule has 0 spiro atoms. The summed E-state index contributed by atoms with van der Waals surface area (Å²) in [7, 11) is -9.96. The third-order valence-corrected chi connectivity index (χ3v) is 8.31. The van der Waals surface area contributed by atoms with Crippen LogP contribution in [0.2, 0.25) is 0 Å². The van der Waals surface area contributed by atoms with Crippen molar-refractivity contribution in [3.63, 3.8) is 0 Å². The van der Waals surface area contributed by atoms with Gasteiger partial charge in [-0.1, -0.05) is 83.1 Å². The molecule has 0 fully saturated rings. The summed E-state index contributed by atoms with van der Waals surface area (Å²) in [5, 5.41) is 0. The molecule has 0 atom stereocenters. The summed E-state index contributed by atoms with van der Waals surface area (Å²) in [6.45, 7) is 21.2. The second kappa shape index (κ2) is 36.8. The van der Waals surface area contributed by atoms with E-state index in [9.17, 15) is 0 Å². The molecule has 12 nitrogen and oxygen atoms in total. The Bertz CT molecular complexity index is 278. The van der Waals surface area contributed by atoms with Crippen LogP contribution in [0.1, 0.15) is 83.1 Å². The molecule has 0 saturated heterocycles. The number of rotatable bonds is 6. The van der Waals surface area contributed by atoms with Crippen LogP contribution in [-0.2, 0) is 20.1 Å². The molecular weight excluding hydrogens is 692 g/mol. The zero-order valence-electron chi connectivity index (χ0n) is 23.9. The molecule has 0 aliphatic rings. The molecule has 0 unspecified atom stereocenters. The van der Waals surface area contributed by atoms with Crippen molar-refractivity contribution in [2.24, 2.45) is 0 Å². The molecule has 0 saturated carbocycles. The summed E-state index contributed by atoms with van der Waals surface area (Å²) in [4.78, 5) is 99.0. The Kier molecular flexibility index (Phi) is 55.3. The average Bonchev–Trinajstić information content (AvgIpc) is 2.69. The number of hydrogen-bond donors (Lipinski definition) is 12. The fraction of sp³-hybridized carbons (Fsp3) is 1.00. The molecule has 0 aromatic carbocycles. The summed E-state index contributed by atoms with van der Waals surface area (Å²) in [6.07, 6.45) is 0. The van der Waals surface area contributed by atoms with Gasteiger partial charge in [0.25, 0.3) is 0 Å². The molecule has 235 valence electrons. The van der Waals surface area contributed by atoms with Gasteiger partial charge in [0, 0.05) is 54.1 Å². The van der Waals surface area contributed by atoms with Gasteiger partial charge in [-0.15, -0.1) is 0 Å². The molecule has 0 aromatic heterocycles. The molecule has 19 heteroatoms. The first-order chi connectivity index (χ1) is 15.9. The predicted octanol–water partition coefficient (Wildman–Crippen LogP) is 4.15. The Labute approximate surface area is 245 Å². The van der Waals surface area contributed by atoms with Crippen molar-refractivity contribution in [2.45, 2.75) is 117 Å². The maximum Gasteiger partial charge on any atom is 0.167 e. The van der Waals surface area contributed by atoms with Crippen LogP contribution >= 0.6 is 50.3 Å². The summed E-state index contributed by atoms with van der Waals surface area (Å²) >= 11 is 0. The predicted molar refractivity (Wildman–Crippen MR) is 159 cm³/mol. The van der Waals surface area contributed by atoms with Crippen LogP contribution in [-0.4, -0.2) is 92.7 Å². The molecule has 0 aromatic rings. The van der Waals surface area contributed by atoms with E-state index >= 15 is 0 Å². The van der Waals surface area contributed by atoms with E-state index in [4.69, 9.17) is 58.7 Å². The van der Waals surface area contributed by atoms with E-state index < -0.39 is 50.3 Å². The molecule has 0 aliphatic carbocycles. The van der Waals surface area contributed by atoms with Gasteiger partial charge in [0.2, 0.25) is 0 Å². The van der Waals surface area contributed by atoms with E-state index in [0.717, 1.165) is 0 Å². The van der Waals surface area contributed by atoms with Gasteiger partial charge in [0.15, 0.2) is 50.3 Å². The molecule has 0 amide bonds. The van der Waals surface area contributed by atoms with Crippen LogP contribution in [0, 0.1) is 0 Å². The Morgan fingerprint density at radius 1 is 0.243 bits per heavy atom. The largest absolute Gasteiger partial charge is 0.350 e. The van der Waals surface area contributed by atoms with Crippen LogP contribution in [0.5, 0.6) is 0 Å². The standard InChI is InChI=1S/6C3H9O2P.Tc/c6*1-3(2)6(4)5;/h6*3-5H,1-2H3;. The van der Waals surface area contributed by atoms with Crippen molar-refractivity contribution in [1.29, 1.82) is 0 Å². The van der Waals surface area contributed by atoms with Crippen LogP contribution in [0.25, 0.3) is 0 Å². The minimum Gasteiger partial charge on any atom is -0.350 e. The third-order valence-electron chi connectivity index (χ3n) is 2.77. The zero-order chi connectivity index (χ0) is 30.9. The molecule has 0 heterocycles. The zero-order valence-corrected chi connectivity index (χ0v) is 31.1. The van der Waals surface area contributed by atoms with E-state index in [2.05, 4.69) is 0 Å². The first kappa shape index (κ1) is 55.6. The van der Waals surface area contributed by atoms with Crippen molar-refractivity contribution in [2.75, 3.05) is 0 Å². The topological polar surface area (TPSA) is 243 Å². The fourth-order valence-electron chi connectivity index (χ4n) is 0. The van der Waals surface area contributed by atoms with Crippen molar-refractivity contribution in [3.8, 4) is 0 Å². The molecule has 37 heavy (non-hydrogen) atoms. The van der Waals surface area contributed by atoms with Crippen LogP contribution in [0.15, 0.2) is 0 Å². The minimum absolute atomic E-state index is 0. The van der Waals surface area contributed by atoms with E-state index in [1.54, 1.807) is 83.1 Å². The molecule has 12 N–H and O–H groups in total. The average molecular weight is 746 g/mol. The summed E-state index contributed by atoms with van der Waals surface area (Å²) < 4.78 is 0. The van der Waals surface area contributed by atoms with Crippen molar-refractivity contribution in [3.05, 3.63) is 0 Å². The summed E-state index contributed by atoms with van der Waals surface area (Å²) in [6, 6.07) is 0. The van der Waals surface area contributed by atoms with Crippen LogP contribution < -0.4 is 0 Å². The Morgan fingerprint density at radius 2 is 0.270 bits per heavy atom. The molecule has 0 bridgehead atoms. The van der Waals surface area contributed by atoms with Gasteiger partial charge in [0.05, 0.1) is 0 Å². The quantitative estimate of drug-likeness (QED) is 0.172. The summed E-state index contributed by atoms with van der Waals surface area (Å²) in [5.41, 5.74) is 0.167. The molecule has 0 rings (SSSR count). The van der Waals surface area contributed by atoms with Gasteiger partial charge < -0.3 is 58.7 Å². The summed E-state index contributed by atoms with van der Waals surface area (Å²) in [5.74, 6) is 0. The van der Waals surface area contributed by atoms with Gasteiger partial charge in [-0.2, -0.15) is 0 Å². The van der Waals surface area contributed by atoms with E-state index in [-0.39, 0.29) is 54.1 Å². The van der Waals surface area contributed by atoms with Crippen LogP contribution in [0.4, 0.5) is 0 Å². The van der Waals surface area contributed by atoms with Crippen molar-refractivity contribution in [1.82, 2.24) is 0 Å². The second-order valence-corrected chi connectivity index (χ2v) is 18.5. The first-order valence-corrected chi connectivity index (χ1v) is 18.8. The van der Waals surface area contributed by atoms with Gasteiger partial charge in [-0.3, -0.25) is 0 Å². The van der Waals surface area contributed by atoms with Gasteiger partial charge >= 0.3 is 0 Å². The maximum absolute atomic E-state index is 8.25. The Hall–Kier alpha value is 2.75. The first-order valence-electron chi connectivity index (χ1n) is 10.9. The monoisotopic (exact) mass is 745 g/mol. The number of hydrogen-bond acceptors (Lipinski definition) is 12. The normalized spacial score (nSPS) is 10.7. The van der Waals surface area contributed by atoms with Gasteiger partial charge in [0.1, 0.15) is 0 Å². The van der Waals surface area contributed by atoms with Gasteiger partial charge in [-0.25, -0.2) is 0 Å². The maximum atomic E-state index is 8.25. The van der Waals surface area contributed by atoms with Crippen molar-refractivity contribution < 1.29 is 78.8 Å². The SMILES string of the molecule is CC(C)P(O)O.CC(C)P(O)O.CC(C)P(O)O.CC(C)P(O)O.CC(C)P(O)O.CC(C)P(O)O.[Tc]. The van der Waals surface area contributed by atoms with E-state index in [0.29, 0.717) is 0 Å². The Morgan fingerprint density at radius 3 is 0.270 bits per heavy atom. The smallest absolute Gasteiger partial charge is 0.167 e. The van der Waals surface area contributed by atoms with Crippen molar-refractivity contribution >= 4 is 50.3 Å². The molecule has 0 aliphatic heterocycles. The van der Waals surface area contributed by atoms with Crippen LogP contribution in [0.3, 0.4) is 0 Å². The van der Waals surface area contributed by atoms with Gasteiger partial charge in [-0.05, 0) is 0 Å².